The van der Waals surface area contributed by atoms with Gasteiger partial charge >= 0.3 is 6.09 Å². The van der Waals surface area contributed by atoms with Gasteiger partial charge in [-0.1, -0.05) is 0 Å². The molecule has 0 saturated carbocycles. The zero-order valence-corrected chi connectivity index (χ0v) is 15.4. The Morgan fingerprint density at radius 2 is 1.83 bits per heavy atom. The van der Waals surface area contributed by atoms with Crippen LogP contribution >= 0.6 is 0 Å². The number of methoxy groups -OCH3 is 2. The molecule has 1 unspecified atom stereocenters. The van der Waals surface area contributed by atoms with E-state index in [0.29, 0.717) is 19.7 Å². The highest BCUT2D eigenvalue weighted by Gasteiger charge is 2.19. The molecule has 0 radical (unpaired) electrons. The molecule has 0 aromatic carbocycles. The molecule has 1 amide bonds. The Bertz CT molecular complexity index is 308. The number of nitrogens with zero attached hydrogens (tertiary/aromatic N) is 1. The predicted molar refractivity (Wildman–Crippen MR) is 91.6 cm³/mol. The van der Waals surface area contributed by atoms with Crippen LogP contribution in [-0.4, -0.2) is 76.2 Å². The molecule has 0 aromatic heterocycles. The maximum Gasteiger partial charge on any atom is 0.407 e. The molecule has 0 heterocycles. The third kappa shape index (κ3) is 12.2. The lowest BCUT2D eigenvalue weighted by Crippen LogP contribution is -2.45. The van der Waals surface area contributed by atoms with Gasteiger partial charge < -0.3 is 25.3 Å². The Hall–Kier alpha value is -0.890. The Morgan fingerprint density at radius 1 is 1.17 bits per heavy atom. The number of nitrogens with one attached hydrogen (secondary N) is 1. The van der Waals surface area contributed by atoms with Crippen molar-refractivity contribution < 1.29 is 19.0 Å². The normalized spacial score (nSPS) is 13.2. The van der Waals surface area contributed by atoms with Crippen LogP contribution in [0.15, 0.2) is 0 Å². The highest BCUT2D eigenvalue weighted by molar-refractivity contribution is 5.67. The molecule has 0 aliphatic heterocycles. The number of hydrogen-bond donors (Lipinski definition) is 2. The maximum absolute atomic E-state index is 11.7. The van der Waals surface area contributed by atoms with E-state index >= 15 is 0 Å². The van der Waals surface area contributed by atoms with E-state index in [2.05, 4.69) is 10.2 Å². The number of ether oxygens (including phenoxy) is 3. The molecule has 0 aromatic rings. The van der Waals surface area contributed by atoms with Gasteiger partial charge in [-0.25, -0.2) is 4.79 Å². The van der Waals surface area contributed by atoms with E-state index in [1.165, 1.54) is 0 Å². The molecule has 0 fully saturated rings. The van der Waals surface area contributed by atoms with Crippen LogP contribution in [0.3, 0.4) is 0 Å². The molecule has 0 aliphatic rings. The Kier molecular flexibility index (Phi) is 12.0. The summed E-state index contributed by atoms with van der Waals surface area (Å²) in [7, 11) is 3.39. The van der Waals surface area contributed by atoms with E-state index in [4.69, 9.17) is 19.9 Å². The van der Waals surface area contributed by atoms with E-state index in [-0.39, 0.29) is 6.04 Å². The average molecular weight is 333 g/mol. The summed E-state index contributed by atoms with van der Waals surface area (Å²) in [6.45, 7) is 9.68. The molecular formula is C16H35N3O4. The second-order valence-corrected chi connectivity index (χ2v) is 6.48. The number of amides is 1. The van der Waals surface area contributed by atoms with Crippen molar-refractivity contribution in [3.8, 4) is 0 Å². The smallest absolute Gasteiger partial charge is 0.407 e. The second kappa shape index (κ2) is 12.5. The van der Waals surface area contributed by atoms with Gasteiger partial charge in [-0.3, -0.25) is 4.90 Å². The monoisotopic (exact) mass is 333 g/mol. The van der Waals surface area contributed by atoms with Gasteiger partial charge in [0.2, 0.25) is 0 Å². The molecular weight excluding hydrogens is 298 g/mol. The highest BCUT2D eigenvalue weighted by atomic mass is 16.6. The fourth-order valence-electron chi connectivity index (χ4n) is 2.20. The standard InChI is InChI=1S/C16H35N3O4/c1-16(2,3)23-15(20)18-8-7-14(13-17)19(10-12-22-5)9-6-11-21-4/h14H,6-13,17H2,1-5H3,(H,18,20). The first-order valence-electron chi connectivity index (χ1n) is 8.23. The van der Waals surface area contributed by atoms with E-state index in [1.54, 1.807) is 14.2 Å². The zero-order chi connectivity index (χ0) is 17.7. The number of alkyl carbamates (subject to hydrolysis) is 1. The zero-order valence-electron chi connectivity index (χ0n) is 15.4. The van der Waals surface area contributed by atoms with Crippen LogP contribution in [0.25, 0.3) is 0 Å². The van der Waals surface area contributed by atoms with Crippen LogP contribution in [0.4, 0.5) is 4.79 Å². The number of rotatable bonds is 12. The van der Waals surface area contributed by atoms with Crippen molar-refractivity contribution in [1.82, 2.24) is 10.2 Å². The van der Waals surface area contributed by atoms with Crippen molar-refractivity contribution in [1.29, 1.82) is 0 Å². The summed E-state index contributed by atoms with van der Waals surface area (Å²) in [6, 6.07) is 0.192. The fraction of sp³-hybridized carbons (Fsp3) is 0.938. The maximum atomic E-state index is 11.7. The molecule has 0 spiro atoms. The summed E-state index contributed by atoms with van der Waals surface area (Å²) in [5.74, 6) is 0. The van der Waals surface area contributed by atoms with Crippen molar-refractivity contribution in [3.63, 3.8) is 0 Å². The van der Waals surface area contributed by atoms with Gasteiger partial charge in [-0.2, -0.15) is 0 Å². The van der Waals surface area contributed by atoms with Gasteiger partial charge in [0.25, 0.3) is 0 Å². The number of carbonyl (C=O) groups is 1. The largest absolute Gasteiger partial charge is 0.444 e. The quantitative estimate of drug-likeness (QED) is 0.522. The molecule has 0 rings (SSSR count). The second-order valence-electron chi connectivity index (χ2n) is 6.48. The van der Waals surface area contributed by atoms with Crippen molar-refractivity contribution >= 4 is 6.09 Å². The highest BCUT2D eigenvalue weighted by Crippen LogP contribution is 2.07. The summed E-state index contributed by atoms with van der Waals surface area (Å²) in [6.07, 6.45) is 1.32. The van der Waals surface area contributed by atoms with Gasteiger partial charge in [0.15, 0.2) is 0 Å². The molecule has 1 atom stereocenters. The minimum absolute atomic E-state index is 0.192. The van der Waals surface area contributed by atoms with Crippen LogP contribution < -0.4 is 11.1 Å². The van der Waals surface area contributed by atoms with E-state index in [0.717, 1.165) is 32.5 Å². The predicted octanol–water partition coefficient (Wildman–Crippen LogP) is 1.21. The van der Waals surface area contributed by atoms with E-state index in [1.807, 2.05) is 20.8 Å². The summed E-state index contributed by atoms with van der Waals surface area (Å²) >= 11 is 0. The van der Waals surface area contributed by atoms with Gasteiger partial charge in [-0.15, -0.1) is 0 Å². The molecule has 7 heteroatoms. The molecule has 7 nitrogen and oxygen atoms in total. The number of hydrogen-bond acceptors (Lipinski definition) is 6. The first-order chi connectivity index (χ1) is 10.8. The summed E-state index contributed by atoms with van der Waals surface area (Å²) in [4.78, 5) is 14.0. The van der Waals surface area contributed by atoms with Gasteiger partial charge in [-0.05, 0) is 33.6 Å². The van der Waals surface area contributed by atoms with Crippen LogP contribution in [0.2, 0.25) is 0 Å². The molecule has 23 heavy (non-hydrogen) atoms. The lowest BCUT2D eigenvalue weighted by Gasteiger charge is -2.31. The van der Waals surface area contributed by atoms with Crippen LogP contribution in [0.1, 0.15) is 33.6 Å². The van der Waals surface area contributed by atoms with Gasteiger partial charge in [0, 0.05) is 53.0 Å². The van der Waals surface area contributed by atoms with E-state index < -0.39 is 11.7 Å². The number of carbonyl (C=O) groups excluding carboxylic acids is 1. The Morgan fingerprint density at radius 3 is 2.35 bits per heavy atom. The summed E-state index contributed by atoms with van der Waals surface area (Å²) < 4.78 is 15.5. The van der Waals surface area contributed by atoms with Crippen molar-refractivity contribution in [3.05, 3.63) is 0 Å². The third-order valence-corrected chi connectivity index (χ3v) is 3.31. The average Bonchev–Trinajstić information content (AvgIpc) is 2.46. The summed E-state index contributed by atoms with van der Waals surface area (Å²) in [5.41, 5.74) is 5.43. The lowest BCUT2D eigenvalue weighted by atomic mass is 10.1. The molecule has 3 N–H and O–H groups in total. The molecule has 138 valence electrons. The van der Waals surface area contributed by atoms with Crippen LogP contribution in [0.5, 0.6) is 0 Å². The van der Waals surface area contributed by atoms with Crippen LogP contribution in [0, 0.1) is 0 Å². The lowest BCUT2D eigenvalue weighted by molar-refractivity contribution is 0.0518. The van der Waals surface area contributed by atoms with Crippen molar-refractivity contribution in [2.45, 2.75) is 45.3 Å². The Labute approximate surface area is 140 Å². The van der Waals surface area contributed by atoms with Crippen molar-refractivity contribution in [2.24, 2.45) is 5.73 Å². The molecule has 0 aliphatic carbocycles. The minimum atomic E-state index is -0.484. The SMILES string of the molecule is COCCCN(CCOC)C(CN)CCNC(=O)OC(C)(C)C. The molecule has 0 saturated heterocycles. The first-order valence-corrected chi connectivity index (χ1v) is 8.23. The van der Waals surface area contributed by atoms with Gasteiger partial charge in [0.1, 0.15) is 5.60 Å². The van der Waals surface area contributed by atoms with Crippen molar-refractivity contribution in [2.75, 3.05) is 53.6 Å². The third-order valence-electron chi connectivity index (χ3n) is 3.31. The Balaban J connectivity index is 4.29. The first kappa shape index (κ1) is 22.1. The topological polar surface area (TPSA) is 86.0 Å². The fourth-order valence-corrected chi connectivity index (χ4v) is 2.20. The summed E-state index contributed by atoms with van der Waals surface area (Å²) in [5, 5.41) is 2.78. The molecule has 0 bridgehead atoms. The van der Waals surface area contributed by atoms with Gasteiger partial charge in [0.05, 0.1) is 6.61 Å². The van der Waals surface area contributed by atoms with Crippen LogP contribution in [-0.2, 0) is 14.2 Å². The van der Waals surface area contributed by atoms with E-state index in [9.17, 15) is 4.79 Å². The number of nitrogens with two attached hydrogens (primary N) is 1. The minimum Gasteiger partial charge on any atom is -0.444 e.